The maximum atomic E-state index is 12.6. The molecule has 4 aromatic rings. The molecule has 0 unspecified atom stereocenters. The highest BCUT2D eigenvalue weighted by Crippen LogP contribution is 2.28. The fourth-order valence-corrected chi connectivity index (χ4v) is 4.91. The van der Waals surface area contributed by atoms with Gasteiger partial charge < -0.3 is 0 Å². The van der Waals surface area contributed by atoms with Crippen LogP contribution in [0.5, 0.6) is 0 Å². The third kappa shape index (κ3) is 5.28. The molecule has 2 N–H and O–H groups in total. The van der Waals surface area contributed by atoms with Crippen LogP contribution < -0.4 is 10.0 Å². The van der Waals surface area contributed by atoms with E-state index in [0.29, 0.717) is 37.7 Å². The van der Waals surface area contributed by atoms with E-state index in [1.54, 1.807) is 53.9 Å². The molecular formula is C22H15Cl2N3O3S2. The van der Waals surface area contributed by atoms with E-state index in [9.17, 15) is 13.2 Å². The maximum absolute atomic E-state index is 12.6. The van der Waals surface area contributed by atoms with Crippen molar-refractivity contribution in [3.05, 3.63) is 93.8 Å². The predicted molar refractivity (Wildman–Crippen MR) is 129 cm³/mol. The first-order chi connectivity index (χ1) is 15.3. The predicted octanol–water partition coefficient (Wildman–Crippen LogP) is 6.17. The number of aromatic nitrogens is 1. The van der Waals surface area contributed by atoms with Crippen LogP contribution in [0.25, 0.3) is 11.3 Å². The van der Waals surface area contributed by atoms with Gasteiger partial charge in [0.05, 0.1) is 10.6 Å². The smallest absolute Gasteiger partial charge is 0.261 e. The van der Waals surface area contributed by atoms with E-state index in [0.717, 1.165) is 0 Å². The SMILES string of the molecule is O=C(Nc1nc(-c2cccc(NS(=O)(=O)c3ccc(Cl)cc3)c2)cs1)c1cccc(Cl)c1. The number of anilines is 2. The van der Waals surface area contributed by atoms with Crippen LogP contribution in [0.2, 0.25) is 10.0 Å². The second-order valence-corrected chi connectivity index (χ2v) is 10.1. The maximum Gasteiger partial charge on any atom is 0.261 e. The summed E-state index contributed by atoms with van der Waals surface area (Å²) >= 11 is 13.0. The van der Waals surface area contributed by atoms with Crippen molar-refractivity contribution >= 4 is 61.3 Å². The van der Waals surface area contributed by atoms with Crippen LogP contribution in [0.15, 0.2) is 83.1 Å². The molecule has 0 atom stereocenters. The lowest BCUT2D eigenvalue weighted by Crippen LogP contribution is -2.12. The lowest BCUT2D eigenvalue weighted by molar-refractivity contribution is 0.102. The van der Waals surface area contributed by atoms with Gasteiger partial charge >= 0.3 is 0 Å². The lowest BCUT2D eigenvalue weighted by Gasteiger charge is -2.09. The summed E-state index contributed by atoms with van der Waals surface area (Å²) in [5.41, 5.74) is 2.10. The summed E-state index contributed by atoms with van der Waals surface area (Å²) in [7, 11) is -3.77. The average Bonchev–Trinajstić information content (AvgIpc) is 3.22. The third-order valence-electron chi connectivity index (χ3n) is 4.35. The number of halogens is 2. The minimum atomic E-state index is -3.77. The molecule has 162 valence electrons. The van der Waals surface area contributed by atoms with E-state index in [-0.39, 0.29) is 10.8 Å². The van der Waals surface area contributed by atoms with E-state index >= 15 is 0 Å². The van der Waals surface area contributed by atoms with E-state index in [1.807, 2.05) is 0 Å². The molecule has 10 heteroatoms. The van der Waals surface area contributed by atoms with Gasteiger partial charge in [0.1, 0.15) is 0 Å². The third-order valence-corrected chi connectivity index (χ3v) is 6.99. The second-order valence-electron chi connectivity index (χ2n) is 6.64. The van der Waals surface area contributed by atoms with Crippen LogP contribution in [0, 0.1) is 0 Å². The van der Waals surface area contributed by atoms with Gasteiger partial charge in [-0.25, -0.2) is 13.4 Å². The molecule has 0 saturated carbocycles. The first-order valence-electron chi connectivity index (χ1n) is 9.21. The van der Waals surface area contributed by atoms with Crippen molar-refractivity contribution in [3.8, 4) is 11.3 Å². The highest BCUT2D eigenvalue weighted by atomic mass is 35.5. The van der Waals surface area contributed by atoms with E-state index < -0.39 is 10.0 Å². The van der Waals surface area contributed by atoms with Crippen LogP contribution >= 0.6 is 34.5 Å². The van der Waals surface area contributed by atoms with Gasteiger partial charge in [-0.2, -0.15) is 0 Å². The summed E-state index contributed by atoms with van der Waals surface area (Å²) < 4.78 is 27.8. The number of benzene rings is 3. The van der Waals surface area contributed by atoms with Crippen LogP contribution in [0.1, 0.15) is 10.4 Å². The van der Waals surface area contributed by atoms with Crippen molar-refractivity contribution in [2.24, 2.45) is 0 Å². The van der Waals surface area contributed by atoms with Gasteiger partial charge in [-0.15, -0.1) is 11.3 Å². The van der Waals surface area contributed by atoms with E-state index in [2.05, 4.69) is 15.0 Å². The van der Waals surface area contributed by atoms with Crippen LogP contribution in [-0.2, 0) is 10.0 Å². The Balaban J connectivity index is 1.51. The van der Waals surface area contributed by atoms with Crippen LogP contribution in [0.4, 0.5) is 10.8 Å². The van der Waals surface area contributed by atoms with Gasteiger partial charge in [0, 0.05) is 32.2 Å². The molecule has 0 aliphatic carbocycles. The number of nitrogens with zero attached hydrogens (tertiary/aromatic N) is 1. The molecule has 32 heavy (non-hydrogen) atoms. The number of nitrogens with one attached hydrogen (secondary N) is 2. The number of carbonyl (C=O) groups is 1. The molecule has 0 radical (unpaired) electrons. The van der Waals surface area contributed by atoms with Gasteiger partial charge in [-0.05, 0) is 54.6 Å². The standard InChI is InChI=1S/C22H15Cl2N3O3S2/c23-16-7-9-19(10-8-16)32(29,30)27-18-6-2-3-14(12-18)20-13-31-22(25-20)26-21(28)15-4-1-5-17(24)11-15/h1-13,27H,(H,25,26,28). The van der Waals surface area contributed by atoms with Gasteiger partial charge in [0.15, 0.2) is 5.13 Å². The number of rotatable bonds is 6. The summed E-state index contributed by atoms with van der Waals surface area (Å²) in [6.07, 6.45) is 0. The topological polar surface area (TPSA) is 88.2 Å². The Morgan fingerprint density at radius 3 is 2.41 bits per heavy atom. The summed E-state index contributed by atoms with van der Waals surface area (Å²) in [5, 5.41) is 5.85. The van der Waals surface area contributed by atoms with Crippen molar-refractivity contribution in [3.63, 3.8) is 0 Å². The molecule has 0 aliphatic heterocycles. The molecule has 0 bridgehead atoms. The number of hydrogen-bond acceptors (Lipinski definition) is 5. The molecule has 3 aromatic carbocycles. The Kier molecular flexibility index (Phi) is 6.48. The van der Waals surface area contributed by atoms with Crippen LogP contribution in [0.3, 0.4) is 0 Å². The number of thiazole rings is 1. The molecule has 0 spiro atoms. The minimum absolute atomic E-state index is 0.104. The molecule has 0 saturated heterocycles. The summed E-state index contributed by atoms with van der Waals surface area (Å²) in [6.45, 7) is 0. The minimum Gasteiger partial charge on any atom is -0.298 e. The zero-order valence-electron chi connectivity index (χ0n) is 16.2. The van der Waals surface area contributed by atoms with Gasteiger partial charge in [-0.3, -0.25) is 14.8 Å². The number of hydrogen-bond donors (Lipinski definition) is 2. The summed E-state index contributed by atoms with van der Waals surface area (Å²) in [5.74, 6) is -0.321. The summed E-state index contributed by atoms with van der Waals surface area (Å²) in [6, 6.07) is 19.4. The average molecular weight is 504 g/mol. The first-order valence-corrected chi connectivity index (χ1v) is 12.3. The van der Waals surface area contributed by atoms with E-state index in [1.165, 1.54) is 35.6 Å². The molecule has 1 aromatic heterocycles. The van der Waals surface area contributed by atoms with Crippen molar-refractivity contribution in [1.82, 2.24) is 4.98 Å². The fourth-order valence-electron chi connectivity index (χ4n) is 2.83. The quantitative estimate of drug-likeness (QED) is 0.329. The molecule has 0 fully saturated rings. The Bertz CT molecular complexity index is 1390. The van der Waals surface area contributed by atoms with Gasteiger partial charge in [0.2, 0.25) is 0 Å². The monoisotopic (exact) mass is 503 g/mol. The highest BCUT2D eigenvalue weighted by molar-refractivity contribution is 7.92. The zero-order chi connectivity index (χ0) is 22.7. The second kappa shape index (κ2) is 9.30. The van der Waals surface area contributed by atoms with Crippen molar-refractivity contribution in [1.29, 1.82) is 0 Å². The first kappa shape index (κ1) is 22.3. The van der Waals surface area contributed by atoms with Crippen LogP contribution in [-0.4, -0.2) is 19.3 Å². The molecule has 4 rings (SSSR count). The number of sulfonamides is 1. The summed E-state index contributed by atoms with van der Waals surface area (Å²) in [4.78, 5) is 16.9. The van der Waals surface area contributed by atoms with E-state index in [4.69, 9.17) is 23.2 Å². The van der Waals surface area contributed by atoms with Crippen molar-refractivity contribution < 1.29 is 13.2 Å². The highest BCUT2D eigenvalue weighted by Gasteiger charge is 2.15. The molecule has 1 amide bonds. The Hall–Kier alpha value is -2.91. The molecule has 6 nitrogen and oxygen atoms in total. The molecule has 1 heterocycles. The van der Waals surface area contributed by atoms with Crippen molar-refractivity contribution in [2.75, 3.05) is 10.0 Å². The largest absolute Gasteiger partial charge is 0.298 e. The fraction of sp³-hybridized carbons (Fsp3) is 0. The zero-order valence-corrected chi connectivity index (χ0v) is 19.4. The van der Waals surface area contributed by atoms with Gasteiger partial charge in [-0.1, -0.05) is 41.4 Å². The van der Waals surface area contributed by atoms with Gasteiger partial charge in [0.25, 0.3) is 15.9 Å². The Morgan fingerprint density at radius 1 is 0.906 bits per heavy atom. The number of amides is 1. The Labute approximate surface area is 198 Å². The number of carbonyl (C=O) groups excluding carboxylic acids is 1. The molecule has 0 aliphatic rings. The normalized spacial score (nSPS) is 11.2. The lowest BCUT2D eigenvalue weighted by atomic mass is 10.1. The Morgan fingerprint density at radius 2 is 1.66 bits per heavy atom. The van der Waals surface area contributed by atoms with Crippen molar-refractivity contribution in [2.45, 2.75) is 4.90 Å². The molecular weight excluding hydrogens is 489 g/mol.